The average Bonchev–Trinajstić information content (AvgIpc) is 3.28. The third-order valence-corrected chi connectivity index (χ3v) is 4.04. The van der Waals surface area contributed by atoms with Crippen LogP contribution in [0.5, 0.6) is 0 Å². The fraction of sp³-hybridized carbons (Fsp3) is 0.368. The molecule has 0 radical (unpaired) electrons. The summed E-state index contributed by atoms with van der Waals surface area (Å²) in [4.78, 5) is 12.1. The van der Waals surface area contributed by atoms with E-state index in [0.29, 0.717) is 36.2 Å². The summed E-state index contributed by atoms with van der Waals surface area (Å²) in [5.74, 6) is 0.995. The van der Waals surface area contributed by atoms with Crippen molar-refractivity contribution in [3.8, 4) is 17.3 Å². The van der Waals surface area contributed by atoms with Gasteiger partial charge < -0.3 is 14.5 Å². The molecule has 0 spiro atoms. The first-order valence-corrected chi connectivity index (χ1v) is 8.77. The Labute approximate surface area is 157 Å². The fourth-order valence-corrected chi connectivity index (χ4v) is 2.64. The van der Waals surface area contributed by atoms with Gasteiger partial charge in [0.15, 0.2) is 0 Å². The molecule has 1 N–H and O–H groups in total. The number of hydrogen-bond donors (Lipinski definition) is 1. The van der Waals surface area contributed by atoms with E-state index in [1.165, 1.54) is 0 Å². The Balaban J connectivity index is 1.87. The highest BCUT2D eigenvalue weighted by molar-refractivity contribution is 5.94. The van der Waals surface area contributed by atoms with Crippen LogP contribution >= 0.6 is 0 Å². The van der Waals surface area contributed by atoms with Crippen molar-refractivity contribution in [2.24, 2.45) is 0 Å². The number of nitrogens with zero attached hydrogens (tertiary/aromatic N) is 4. The lowest BCUT2D eigenvalue weighted by Gasteiger charge is -2.10. The number of nitrogens with one attached hydrogen (secondary N) is 1. The molecule has 142 valence electrons. The number of carbonyl (C=O) groups excluding carboxylic acids is 1. The van der Waals surface area contributed by atoms with Gasteiger partial charge in [-0.1, -0.05) is 13.8 Å². The van der Waals surface area contributed by atoms with Gasteiger partial charge in [-0.05, 0) is 36.2 Å². The summed E-state index contributed by atoms with van der Waals surface area (Å²) >= 11 is 0. The van der Waals surface area contributed by atoms with Crippen LogP contribution in [-0.2, 0) is 4.74 Å². The van der Waals surface area contributed by atoms with Gasteiger partial charge in [0, 0.05) is 31.8 Å². The Kier molecular flexibility index (Phi) is 5.66. The summed E-state index contributed by atoms with van der Waals surface area (Å²) < 4.78 is 12.3. The van der Waals surface area contributed by atoms with Gasteiger partial charge >= 0.3 is 0 Å². The van der Waals surface area contributed by atoms with Crippen LogP contribution in [-0.4, -0.2) is 46.1 Å². The molecule has 0 aliphatic heterocycles. The molecular formula is C19H23N5O3. The quantitative estimate of drug-likeness (QED) is 0.644. The summed E-state index contributed by atoms with van der Waals surface area (Å²) in [6, 6.07) is 9.24. The number of aryl methyl sites for hydroxylation is 1. The van der Waals surface area contributed by atoms with Gasteiger partial charge in [-0.3, -0.25) is 4.79 Å². The zero-order chi connectivity index (χ0) is 19.4. The molecule has 2 aromatic heterocycles. The Morgan fingerprint density at radius 2 is 2.00 bits per heavy atom. The maximum atomic E-state index is 12.1. The molecule has 8 nitrogen and oxygen atoms in total. The highest BCUT2D eigenvalue weighted by atomic mass is 16.5. The number of benzene rings is 1. The summed E-state index contributed by atoms with van der Waals surface area (Å²) in [7, 11) is 1.60. The SMILES string of the molecule is COCCNC(=O)c1ccc(-n2nc(-c3nnc(C)o3)cc2C(C)C)cc1. The summed E-state index contributed by atoms with van der Waals surface area (Å²) in [5, 5.41) is 15.3. The molecule has 2 heterocycles. The molecule has 27 heavy (non-hydrogen) atoms. The van der Waals surface area contributed by atoms with Crippen molar-refractivity contribution in [3.05, 3.63) is 47.5 Å². The number of carbonyl (C=O) groups is 1. The molecule has 1 aromatic carbocycles. The van der Waals surface area contributed by atoms with Crippen molar-refractivity contribution in [3.63, 3.8) is 0 Å². The van der Waals surface area contributed by atoms with Gasteiger partial charge in [0.05, 0.1) is 12.3 Å². The summed E-state index contributed by atoms with van der Waals surface area (Å²) in [6.07, 6.45) is 0. The molecule has 0 unspecified atom stereocenters. The second-order valence-corrected chi connectivity index (χ2v) is 6.44. The number of ether oxygens (including phenoxy) is 1. The maximum absolute atomic E-state index is 12.1. The number of aromatic nitrogens is 4. The predicted octanol–water partition coefficient (Wildman–Crippen LogP) is 2.73. The van der Waals surface area contributed by atoms with Crippen LogP contribution in [0.15, 0.2) is 34.7 Å². The first-order chi connectivity index (χ1) is 13.0. The zero-order valence-corrected chi connectivity index (χ0v) is 15.9. The van der Waals surface area contributed by atoms with Gasteiger partial charge in [-0.15, -0.1) is 10.2 Å². The van der Waals surface area contributed by atoms with Crippen molar-refractivity contribution in [2.75, 3.05) is 20.3 Å². The highest BCUT2D eigenvalue weighted by Crippen LogP contribution is 2.25. The second-order valence-electron chi connectivity index (χ2n) is 6.44. The minimum Gasteiger partial charge on any atom is -0.420 e. The number of methoxy groups -OCH3 is 1. The van der Waals surface area contributed by atoms with E-state index >= 15 is 0 Å². The van der Waals surface area contributed by atoms with E-state index in [9.17, 15) is 4.79 Å². The molecule has 3 aromatic rings. The largest absolute Gasteiger partial charge is 0.420 e. The van der Waals surface area contributed by atoms with E-state index in [1.807, 2.05) is 22.9 Å². The molecule has 0 saturated carbocycles. The second kappa shape index (κ2) is 8.13. The summed E-state index contributed by atoms with van der Waals surface area (Å²) in [6.45, 7) is 6.88. The number of hydrogen-bond acceptors (Lipinski definition) is 6. The van der Waals surface area contributed by atoms with E-state index in [1.54, 1.807) is 26.2 Å². The Bertz CT molecular complexity index is 912. The third-order valence-electron chi connectivity index (χ3n) is 4.04. The molecule has 0 aliphatic rings. The molecule has 0 saturated heterocycles. The standard InChI is InChI=1S/C19H23N5O3/c1-12(2)17-11-16(19-22-21-13(3)27-19)23-24(17)15-7-5-14(6-8-15)18(25)20-9-10-26-4/h5-8,11-12H,9-10H2,1-4H3,(H,20,25). The van der Waals surface area contributed by atoms with Gasteiger partial charge in [-0.25, -0.2) is 4.68 Å². The normalized spacial score (nSPS) is 11.1. The number of amides is 1. The lowest BCUT2D eigenvalue weighted by atomic mass is 10.1. The van der Waals surface area contributed by atoms with Crippen LogP contribution in [0.3, 0.4) is 0 Å². The van der Waals surface area contributed by atoms with Crippen molar-refractivity contribution in [1.82, 2.24) is 25.3 Å². The van der Waals surface area contributed by atoms with E-state index in [-0.39, 0.29) is 11.8 Å². The van der Waals surface area contributed by atoms with Gasteiger partial charge in [0.1, 0.15) is 5.69 Å². The van der Waals surface area contributed by atoms with Crippen LogP contribution in [0.2, 0.25) is 0 Å². The van der Waals surface area contributed by atoms with Crippen molar-refractivity contribution < 1.29 is 13.9 Å². The Morgan fingerprint density at radius 1 is 1.26 bits per heavy atom. The molecule has 3 rings (SSSR count). The lowest BCUT2D eigenvalue weighted by molar-refractivity contribution is 0.0937. The van der Waals surface area contributed by atoms with Crippen molar-refractivity contribution in [1.29, 1.82) is 0 Å². The molecule has 1 amide bonds. The molecular weight excluding hydrogens is 346 g/mol. The van der Waals surface area contributed by atoms with Crippen molar-refractivity contribution in [2.45, 2.75) is 26.7 Å². The van der Waals surface area contributed by atoms with Crippen LogP contribution in [0.4, 0.5) is 0 Å². The zero-order valence-electron chi connectivity index (χ0n) is 15.9. The van der Waals surface area contributed by atoms with Crippen LogP contribution < -0.4 is 5.32 Å². The number of rotatable bonds is 7. The first-order valence-electron chi connectivity index (χ1n) is 8.77. The Morgan fingerprint density at radius 3 is 2.59 bits per heavy atom. The average molecular weight is 369 g/mol. The van der Waals surface area contributed by atoms with E-state index in [4.69, 9.17) is 9.15 Å². The maximum Gasteiger partial charge on any atom is 0.268 e. The topological polar surface area (TPSA) is 95.1 Å². The summed E-state index contributed by atoms with van der Waals surface area (Å²) in [5.41, 5.74) is 3.08. The van der Waals surface area contributed by atoms with Crippen LogP contribution in [0.25, 0.3) is 17.3 Å². The minimum absolute atomic E-state index is 0.134. The molecule has 8 heteroatoms. The molecule has 0 bridgehead atoms. The highest BCUT2D eigenvalue weighted by Gasteiger charge is 2.17. The minimum atomic E-state index is -0.134. The van der Waals surface area contributed by atoms with E-state index < -0.39 is 0 Å². The molecule has 0 atom stereocenters. The van der Waals surface area contributed by atoms with Gasteiger partial charge in [0.2, 0.25) is 5.89 Å². The molecule has 0 aliphatic carbocycles. The third kappa shape index (κ3) is 4.22. The first kappa shape index (κ1) is 18.8. The molecule has 0 fully saturated rings. The van der Waals surface area contributed by atoms with Crippen molar-refractivity contribution >= 4 is 5.91 Å². The lowest BCUT2D eigenvalue weighted by Crippen LogP contribution is -2.26. The van der Waals surface area contributed by atoms with Crippen LogP contribution in [0.1, 0.15) is 41.7 Å². The predicted molar refractivity (Wildman–Crippen MR) is 99.9 cm³/mol. The van der Waals surface area contributed by atoms with Crippen LogP contribution in [0, 0.1) is 6.92 Å². The van der Waals surface area contributed by atoms with E-state index in [0.717, 1.165) is 11.4 Å². The monoisotopic (exact) mass is 369 g/mol. The van der Waals surface area contributed by atoms with E-state index in [2.05, 4.69) is 34.5 Å². The van der Waals surface area contributed by atoms with Gasteiger partial charge in [-0.2, -0.15) is 5.10 Å². The fourth-order valence-electron chi connectivity index (χ4n) is 2.64. The van der Waals surface area contributed by atoms with Gasteiger partial charge in [0.25, 0.3) is 11.8 Å². The Hall–Kier alpha value is -3.00. The smallest absolute Gasteiger partial charge is 0.268 e.